The maximum Gasteiger partial charge on any atom is 0.407 e. The van der Waals surface area contributed by atoms with E-state index in [4.69, 9.17) is 9.84 Å². The van der Waals surface area contributed by atoms with Crippen LogP contribution in [0.2, 0.25) is 0 Å². The second-order valence-electron chi connectivity index (χ2n) is 10.6. The van der Waals surface area contributed by atoms with Crippen molar-refractivity contribution < 1.29 is 29.2 Å². The minimum atomic E-state index is -1.15. The fraction of sp³-hybridized carbons (Fsp3) is 0.323. The van der Waals surface area contributed by atoms with Gasteiger partial charge < -0.3 is 30.7 Å². The molecule has 0 radical (unpaired) electrons. The summed E-state index contributed by atoms with van der Waals surface area (Å²) in [6, 6.07) is 20.0. The van der Waals surface area contributed by atoms with Crippen molar-refractivity contribution in [3.63, 3.8) is 0 Å². The number of hydrogen-bond acceptors (Lipinski definition) is 7. The van der Waals surface area contributed by atoms with Crippen molar-refractivity contribution in [3.05, 3.63) is 93.5 Å². The molecule has 0 bridgehead atoms. The Morgan fingerprint density at radius 2 is 1.70 bits per heavy atom. The van der Waals surface area contributed by atoms with Crippen LogP contribution in [0.4, 0.5) is 21.0 Å². The molecule has 0 aromatic heterocycles. The van der Waals surface area contributed by atoms with Crippen LogP contribution >= 0.6 is 0 Å². The summed E-state index contributed by atoms with van der Waals surface area (Å²) in [5, 5.41) is 28.8. The van der Waals surface area contributed by atoms with Crippen molar-refractivity contribution in [3.8, 4) is 11.1 Å². The van der Waals surface area contributed by atoms with E-state index in [1.54, 1.807) is 0 Å². The average molecular weight is 588 g/mol. The molecule has 5 rings (SSSR count). The summed E-state index contributed by atoms with van der Waals surface area (Å²) in [6.45, 7) is 1.50. The van der Waals surface area contributed by atoms with E-state index < -0.39 is 17.1 Å². The average Bonchev–Trinajstić information content (AvgIpc) is 3.33. The zero-order chi connectivity index (χ0) is 30.3. The number of piperidine rings is 1. The first-order chi connectivity index (χ1) is 20.8. The van der Waals surface area contributed by atoms with Gasteiger partial charge in [-0.25, -0.2) is 9.59 Å². The Hall–Kier alpha value is -5.13. The summed E-state index contributed by atoms with van der Waals surface area (Å²) < 4.78 is 5.54. The van der Waals surface area contributed by atoms with Gasteiger partial charge in [0.2, 0.25) is 0 Å². The summed E-state index contributed by atoms with van der Waals surface area (Å²) >= 11 is 0. The van der Waals surface area contributed by atoms with Gasteiger partial charge in [-0.15, -0.1) is 0 Å². The standard InChI is InChI=1S/C31H33N5O7/c37-29(35-16-5-7-21(18-35)34-30(38)39)20-12-13-27(28(17-20)36(41)42)32-14-6-15-33-31(40)43-19-26-24-10-3-1-8-22(24)23-9-2-4-11-25(23)26/h1-4,8-13,17,21,26,32,34H,5-7,14-16,18-19H2,(H,33,40)(H,38,39)/t21-/m1/s1. The first kappa shape index (κ1) is 29.4. The molecule has 12 nitrogen and oxygen atoms in total. The van der Waals surface area contributed by atoms with Gasteiger partial charge in [-0.2, -0.15) is 0 Å². The molecule has 1 aliphatic heterocycles. The number of carbonyl (C=O) groups excluding carboxylic acids is 2. The molecule has 0 unspecified atom stereocenters. The summed E-state index contributed by atoms with van der Waals surface area (Å²) in [4.78, 5) is 49.0. The number of likely N-dealkylation sites (tertiary alicyclic amines) is 1. The number of fused-ring (bicyclic) bond motifs is 3. The second kappa shape index (κ2) is 13.2. The minimum Gasteiger partial charge on any atom is -0.465 e. The fourth-order valence-corrected chi connectivity index (χ4v) is 5.75. The fourth-order valence-electron chi connectivity index (χ4n) is 5.75. The number of nitrogens with zero attached hydrogens (tertiary/aromatic N) is 2. The highest BCUT2D eigenvalue weighted by Gasteiger charge is 2.29. The third-order valence-corrected chi connectivity index (χ3v) is 7.76. The lowest BCUT2D eigenvalue weighted by Gasteiger charge is -2.32. The number of nitro groups is 1. The van der Waals surface area contributed by atoms with Gasteiger partial charge in [-0.05, 0) is 53.6 Å². The number of rotatable bonds is 10. The molecule has 43 heavy (non-hydrogen) atoms. The van der Waals surface area contributed by atoms with E-state index in [1.165, 1.54) is 23.1 Å². The van der Waals surface area contributed by atoms with Crippen LogP contribution in [0, 0.1) is 10.1 Å². The lowest BCUT2D eigenvalue weighted by molar-refractivity contribution is -0.384. The smallest absolute Gasteiger partial charge is 0.407 e. The number of alkyl carbamates (subject to hydrolysis) is 1. The molecule has 2 aliphatic rings. The Balaban J connectivity index is 1.09. The van der Waals surface area contributed by atoms with Gasteiger partial charge >= 0.3 is 12.2 Å². The first-order valence-corrected chi connectivity index (χ1v) is 14.2. The molecule has 4 N–H and O–H groups in total. The molecule has 1 atom stereocenters. The normalized spacial score (nSPS) is 15.6. The van der Waals surface area contributed by atoms with E-state index in [2.05, 4.69) is 40.2 Å². The number of carboxylic acid groups (broad SMARTS) is 1. The summed E-state index contributed by atoms with van der Waals surface area (Å²) in [6.07, 6.45) is 0.0407. The van der Waals surface area contributed by atoms with Crippen molar-refractivity contribution in [1.82, 2.24) is 15.5 Å². The maximum absolute atomic E-state index is 13.0. The molecule has 0 spiro atoms. The van der Waals surface area contributed by atoms with Gasteiger partial charge in [0.25, 0.3) is 11.6 Å². The highest BCUT2D eigenvalue weighted by Crippen LogP contribution is 2.44. The Morgan fingerprint density at radius 3 is 2.37 bits per heavy atom. The Morgan fingerprint density at radius 1 is 1.00 bits per heavy atom. The Kier molecular flexibility index (Phi) is 9.04. The first-order valence-electron chi connectivity index (χ1n) is 14.2. The number of anilines is 1. The van der Waals surface area contributed by atoms with E-state index in [1.807, 2.05) is 24.3 Å². The molecule has 3 aromatic carbocycles. The van der Waals surface area contributed by atoms with Crippen LogP contribution < -0.4 is 16.0 Å². The molecule has 1 aliphatic carbocycles. The van der Waals surface area contributed by atoms with E-state index >= 15 is 0 Å². The van der Waals surface area contributed by atoms with Crippen molar-refractivity contribution >= 4 is 29.5 Å². The van der Waals surface area contributed by atoms with Gasteiger partial charge in [0.1, 0.15) is 12.3 Å². The van der Waals surface area contributed by atoms with Crippen molar-refractivity contribution in [2.24, 2.45) is 0 Å². The van der Waals surface area contributed by atoms with Crippen LogP contribution in [-0.4, -0.2) is 71.9 Å². The SMILES string of the molecule is O=C(O)N[C@@H]1CCCN(C(=O)c2ccc(NCCCNC(=O)OCC3c4ccccc4-c4ccccc43)c([N+](=O)[O-])c2)C1. The highest BCUT2D eigenvalue weighted by atomic mass is 16.6. The van der Waals surface area contributed by atoms with E-state index in [-0.39, 0.29) is 48.0 Å². The van der Waals surface area contributed by atoms with Gasteiger partial charge in [-0.3, -0.25) is 14.9 Å². The zero-order valence-corrected chi connectivity index (χ0v) is 23.5. The number of nitrogens with one attached hydrogen (secondary N) is 3. The monoisotopic (exact) mass is 587 g/mol. The van der Waals surface area contributed by atoms with E-state index in [0.717, 1.165) is 22.3 Å². The quantitative estimate of drug-likeness (QED) is 0.149. The molecule has 1 heterocycles. The molecule has 12 heteroatoms. The van der Waals surface area contributed by atoms with E-state index in [0.29, 0.717) is 38.9 Å². The summed E-state index contributed by atoms with van der Waals surface area (Å²) in [5.74, 6) is -0.424. The van der Waals surface area contributed by atoms with Crippen molar-refractivity contribution in [1.29, 1.82) is 0 Å². The predicted molar refractivity (Wildman–Crippen MR) is 159 cm³/mol. The molecule has 224 valence electrons. The number of hydrogen-bond donors (Lipinski definition) is 4. The third-order valence-electron chi connectivity index (χ3n) is 7.76. The van der Waals surface area contributed by atoms with Crippen LogP contribution in [0.3, 0.4) is 0 Å². The van der Waals surface area contributed by atoms with Gasteiger partial charge in [-0.1, -0.05) is 48.5 Å². The van der Waals surface area contributed by atoms with Gasteiger partial charge in [0.05, 0.1) is 4.92 Å². The van der Waals surface area contributed by atoms with Gasteiger partial charge in [0, 0.05) is 49.8 Å². The maximum atomic E-state index is 13.0. The van der Waals surface area contributed by atoms with Gasteiger partial charge in [0.15, 0.2) is 0 Å². The Bertz CT molecular complexity index is 1480. The predicted octanol–water partition coefficient (Wildman–Crippen LogP) is 4.81. The molecule has 0 saturated carbocycles. The van der Waals surface area contributed by atoms with Crippen LogP contribution in [0.5, 0.6) is 0 Å². The van der Waals surface area contributed by atoms with Crippen molar-refractivity contribution in [2.45, 2.75) is 31.2 Å². The lowest BCUT2D eigenvalue weighted by atomic mass is 9.98. The molecular weight excluding hydrogens is 554 g/mol. The lowest BCUT2D eigenvalue weighted by Crippen LogP contribution is -2.49. The van der Waals surface area contributed by atoms with Crippen LogP contribution in [0.15, 0.2) is 66.7 Å². The topological polar surface area (TPSA) is 163 Å². The number of nitro benzene ring substituents is 1. The molecule has 3 aromatic rings. The summed E-state index contributed by atoms with van der Waals surface area (Å²) in [7, 11) is 0. The molecule has 1 fully saturated rings. The van der Waals surface area contributed by atoms with Crippen LogP contribution in [0.1, 0.15) is 46.7 Å². The highest BCUT2D eigenvalue weighted by molar-refractivity contribution is 5.96. The van der Waals surface area contributed by atoms with Crippen LogP contribution in [0.25, 0.3) is 11.1 Å². The molecule has 1 saturated heterocycles. The second-order valence-corrected chi connectivity index (χ2v) is 10.6. The van der Waals surface area contributed by atoms with Crippen molar-refractivity contribution in [2.75, 3.05) is 38.1 Å². The van der Waals surface area contributed by atoms with Crippen LogP contribution in [-0.2, 0) is 4.74 Å². The number of carbonyl (C=O) groups is 3. The third kappa shape index (κ3) is 6.85. The number of benzene rings is 3. The molecule has 3 amide bonds. The number of amides is 3. The zero-order valence-electron chi connectivity index (χ0n) is 23.5. The minimum absolute atomic E-state index is 0.0343. The summed E-state index contributed by atoms with van der Waals surface area (Å²) in [5.41, 5.74) is 4.73. The largest absolute Gasteiger partial charge is 0.465 e. The molecular formula is C31H33N5O7. The Labute approximate surface area is 248 Å². The van der Waals surface area contributed by atoms with E-state index in [9.17, 15) is 24.5 Å². The number of ether oxygens (including phenoxy) is 1.